The molecule has 0 aliphatic rings. The molecule has 0 saturated carbocycles. The molecule has 242 valence electrons. The number of hydrogen-bond donors (Lipinski definition) is 1. The smallest absolute Gasteiger partial charge is 0.264 e. The van der Waals surface area contributed by atoms with Gasteiger partial charge in [-0.2, -0.15) is 0 Å². The molecule has 4 aromatic carbocycles. The minimum Gasteiger partial charge on any atom is -0.492 e. The molecule has 0 spiro atoms. The van der Waals surface area contributed by atoms with Crippen molar-refractivity contribution in [1.29, 1.82) is 0 Å². The molecule has 0 bridgehead atoms. The van der Waals surface area contributed by atoms with Crippen LogP contribution in [0.15, 0.2) is 112 Å². The second kappa shape index (κ2) is 16.1. The molecule has 0 saturated heterocycles. The van der Waals surface area contributed by atoms with Gasteiger partial charge in [0.2, 0.25) is 11.8 Å². The number of sulfonamides is 1. The van der Waals surface area contributed by atoms with E-state index >= 15 is 0 Å². The van der Waals surface area contributed by atoms with Crippen LogP contribution in [0.2, 0.25) is 5.02 Å². The minimum atomic E-state index is -4.30. The van der Waals surface area contributed by atoms with E-state index in [1.165, 1.54) is 29.2 Å². The number of ether oxygens (including phenoxy) is 1. The van der Waals surface area contributed by atoms with E-state index in [9.17, 15) is 18.0 Å². The lowest BCUT2D eigenvalue weighted by Crippen LogP contribution is -2.54. The fraction of sp³-hybridized carbons (Fsp3) is 0.257. The standard InChI is InChI=1S/C35H37BrClN3O5S/c1-4-45-33-13-9-8-12-31(33)40(46(43,44)30-20-18-29(37)19-21-30)24-34(41)39(23-27-14-16-28(36)17-15-27)32(35(42)38-25(2)3)22-26-10-6-5-7-11-26/h5-21,25,32H,4,22-24H2,1-3H3,(H,38,42)/t32-/m1/s1. The average molecular weight is 727 g/mol. The van der Waals surface area contributed by atoms with Gasteiger partial charge in [-0.25, -0.2) is 8.42 Å². The number of nitrogens with one attached hydrogen (secondary N) is 1. The highest BCUT2D eigenvalue weighted by Gasteiger charge is 2.35. The van der Waals surface area contributed by atoms with Crippen molar-refractivity contribution in [3.8, 4) is 5.75 Å². The first-order valence-electron chi connectivity index (χ1n) is 14.9. The predicted octanol–water partition coefficient (Wildman–Crippen LogP) is 6.86. The van der Waals surface area contributed by atoms with Gasteiger partial charge in [0.1, 0.15) is 18.3 Å². The molecule has 0 fully saturated rings. The Balaban J connectivity index is 1.84. The van der Waals surface area contributed by atoms with Crippen molar-refractivity contribution in [2.24, 2.45) is 0 Å². The first-order valence-corrected chi connectivity index (χ1v) is 17.5. The van der Waals surface area contributed by atoms with Gasteiger partial charge in [-0.05, 0) is 80.4 Å². The van der Waals surface area contributed by atoms with Crippen LogP contribution >= 0.6 is 27.5 Å². The van der Waals surface area contributed by atoms with Crippen LogP contribution in [-0.2, 0) is 32.6 Å². The monoisotopic (exact) mass is 725 g/mol. The molecular weight excluding hydrogens is 690 g/mol. The zero-order valence-corrected chi connectivity index (χ0v) is 29.1. The van der Waals surface area contributed by atoms with Crippen LogP contribution < -0.4 is 14.4 Å². The number of carbonyl (C=O) groups is 2. The third-order valence-electron chi connectivity index (χ3n) is 7.08. The topological polar surface area (TPSA) is 96.0 Å². The van der Waals surface area contributed by atoms with Gasteiger partial charge in [0.25, 0.3) is 10.0 Å². The molecule has 1 atom stereocenters. The SMILES string of the molecule is CCOc1ccccc1N(CC(=O)N(Cc1ccc(Br)cc1)[C@H](Cc1ccccc1)C(=O)NC(C)C)S(=O)(=O)c1ccc(Cl)cc1. The molecule has 4 rings (SSSR count). The predicted molar refractivity (Wildman–Crippen MR) is 185 cm³/mol. The lowest BCUT2D eigenvalue weighted by Gasteiger charge is -2.34. The zero-order valence-electron chi connectivity index (χ0n) is 25.9. The third-order valence-corrected chi connectivity index (χ3v) is 9.64. The summed E-state index contributed by atoms with van der Waals surface area (Å²) in [7, 11) is -4.30. The molecule has 1 N–H and O–H groups in total. The highest BCUT2D eigenvalue weighted by molar-refractivity contribution is 9.10. The van der Waals surface area contributed by atoms with Gasteiger partial charge in [-0.1, -0.05) is 82.1 Å². The number of rotatable bonds is 14. The van der Waals surface area contributed by atoms with Crippen molar-refractivity contribution in [2.75, 3.05) is 17.5 Å². The molecule has 0 heterocycles. The lowest BCUT2D eigenvalue weighted by molar-refractivity contribution is -0.140. The van der Waals surface area contributed by atoms with Crippen LogP contribution in [0.3, 0.4) is 0 Å². The fourth-order valence-electron chi connectivity index (χ4n) is 4.91. The first kappa shape index (κ1) is 35.0. The van der Waals surface area contributed by atoms with Crippen LogP contribution in [-0.4, -0.2) is 50.4 Å². The van der Waals surface area contributed by atoms with Crippen LogP contribution in [0.25, 0.3) is 0 Å². The number of amides is 2. The van der Waals surface area contributed by atoms with Gasteiger partial charge in [-0.15, -0.1) is 0 Å². The third kappa shape index (κ3) is 9.11. The van der Waals surface area contributed by atoms with Gasteiger partial charge in [0.05, 0.1) is 17.2 Å². The second-order valence-corrected chi connectivity index (χ2v) is 14.1. The van der Waals surface area contributed by atoms with Gasteiger partial charge in [-0.3, -0.25) is 13.9 Å². The van der Waals surface area contributed by atoms with Crippen molar-refractivity contribution in [1.82, 2.24) is 10.2 Å². The van der Waals surface area contributed by atoms with Gasteiger partial charge < -0.3 is 15.0 Å². The Morgan fingerprint density at radius 3 is 2.13 bits per heavy atom. The Morgan fingerprint density at radius 2 is 1.50 bits per heavy atom. The zero-order chi connectivity index (χ0) is 33.3. The summed E-state index contributed by atoms with van der Waals surface area (Å²) in [6.07, 6.45) is 0.223. The largest absolute Gasteiger partial charge is 0.492 e. The van der Waals surface area contributed by atoms with E-state index in [1.807, 2.05) is 68.4 Å². The minimum absolute atomic E-state index is 0.0474. The average Bonchev–Trinajstić information content (AvgIpc) is 3.03. The first-order chi connectivity index (χ1) is 22.0. The molecule has 0 aliphatic heterocycles. The highest BCUT2D eigenvalue weighted by Crippen LogP contribution is 2.33. The maximum atomic E-state index is 14.6. The number of carbonyl (C=O) groups excluding carboxylic acids is 2. The Hall–Kier alpha value is -3.86. The van der Waals surface area contributed by atoms with E-state index in [4.69, 9.17) is 16.3 Å². The Kier molecular flexibility index (Phi) is 12.3. The molecular formula is C35H37BrClN3O5S. The molecule has 11 heteroatoms. The summed E-state index contributed by atoms with van der Waals surface area (Å²) < 4.78 is 36.2. The maximum absolute atomic E-state index is 14.6. The summed E-state index contributed by atoms with van der Waals surface area (Å²) >= 11 is 9.53. The Labute approximate surface area is 284 Å². The molecule has 0 aromatic heterocycles. The maximum Gasteiger partial charge on any atom is 0.264 e. The number of anilines is 1. The normalized spacial score (nSPS) is 12.0. The highest BCUT2D eigenvalue weighted by atomic mass is 79.9. The van der Waals surface area contributed by atoms with Crippen LogP contribution in [0.4, 0.5) is 5.69 Å². The number of halogens is 2. The van der Waals surface area contributed by atoms with E-state index in [0.29, 0.717) is 10.8 Å². The molecule has 0 aliphatic carbocycles. The molecule has 46 heavy (non-hydrogen) atoms. The van der Waals surface area contributed by atoms with Crippen molar-refractivity contribution in [2.45, 2.75) is 50.7 Å². The molecule has 2 amide bonds. The summed E-state index contributed by atoms with van der Waals surface area (Å²) in [6.45, 7) is 5.25. The van der Waals surface area contributed by atoms with E-state index < -0.39 is 28.5 Å². The molecule has 0 unspecified atom stereocenters. The number of hydrogen-bond acceptors (Lipinski definition) is 5. The quantitative estimate of drug-likeness (QED) is 0.153. The van der Waals surface area contributed by atoms with Gasteiger partial charge in [0, 0.05) is 28.5 Å². The fourth-order valence-corrected chi connectivity index (χ4v) is 6.72. The van der Waals surface area contributed by atoms with E-state index in [-0.39, 0.29) is 42.1 Å². The van der Waals surface area contributed by atoms with Crippen LogP contribution in [0, 0.1) is 0 Å². The summed E-state index contributed by atoms with van der Waals surface area (Å²) in [6, 6.07) is 28.1. The summed E-state index contributed by atoms with van der Waals surface area (Å²) in [5, 5.41) is 3.33. The Morgan fingerprint density at radius 1 is 0.870 bits per heavy atom. The second-order valence-electron chi connectivity index (χ2n) is 10.9. The van der Waals surface area contributed by atoms with E-state index in [1.54, 1.807) is 31.2 Å². The lowest BCUT2D eigenvalue weighted by atomic mass is 10.0. The van der Waals surface area contributed by atoms with Crippen molar-refractivity contribution in [3.05, 3.63) is 124 Å². The van der Waals surface area contributed by atoms with Gasteiger partial charge in [0.15, 0.2) is 0 Å². The van der Waals surface area contributed by atoms with Crippen molar-refractivity contribution >= 4 is 55.1 Å². The van der Waals surface area contributed by atoms with E-state index in [2.05, 4.69) is 21.2 Å². The summed E-state index contributed by atoms with van der Waals surface area (Å²) in [4.78, 5) is 29.8. The van der Waals surface area contributed by atoms with Crippen molar-refractivity contribution < 1.29 is 22.7 Å². The number of benzene rings is 4. The number of nitrogens with zero attached hydrogens (tertiary/aromatic N) is 2. The summed E-state index contributed by atoms with van der Waals surface area (Å²) in [5.41, 5.74) is 1.82. The Bertz CT molecular complexity index is 1720. The van der Waals surface area contributed by atoms with Crippen LogP contribution in [0.1, 0.15) is 31.9 Å². The number of para-hydroxylation sites is 2. The summed E-state index contributed by atoms with van der Waals surface area (Å²) in [5.74, 6) is -0.606. The van der Waals surface area contributed by atoms with Crippen LogP contribution in [0.5, 0.6) is 5.75 Å². The molecule has 0 radical (unpaired) electrons. The van der Waals surface area contributed by atoms with Crippen molar-refractivity contribution in [3.63, 3.8) is 0 Å². The molecule has 8 nitrogen and oxygen atoms in total. The van der Waals surface area contributed by atoms with E-state index in [0.717, 1.165) is 19.9 Å². The molecule has 4 aromatic rings. The van der Waals surface area contributed by atoms with Gasteiger partial charge >= 0.3 is 0 Å².